The highest BCUT2D eigenvalue weighted by molar-refractivity contribution is 5.79. The predicted molar refractivity (Wildman–Crippen MR) is 73.0 cm³/mol. The van der Waals surface area contributed by atoms with Crippen molar-refractivity contribution in [1.82, 2.24) is 25.4 Å². The molecule has 2 rings (SSSR count). The first-order valence-corrected chi connectivity index (χ1v) is 7.23. The van der Waals surface area contributed by atoms with E-state index in [9.17, 15) is 18.0 Å². The average molecular weight is 319 g/mol. The highest BCUT2D eigenvalue weighted by atomic mass is 19.4. The highest BCUT2D eigenvalue weighted by Crippen LogP contribution is 2.34. The topological polar surface area (TPSA) is 71.8 Å². The minimum absolute atomic E-state index is 0.0554. The first-order chi connectivity index (χ1) is 10.3. The Balaban J connectivity index is 1.86. The molecule has 2 atom stereocenters. The lowest BCUT2D eigenvalue weighted by Crippen LogP contribution is -2.41. The second-order valence-electron chi connectivity index (χ2n) is 5.74. The van der Waals surface area contributed by atoms with Crippen LogP contribution in [0.25, 0.3) is 0 Å². The lowest BCUT2D eigenvalue weighted by atomic mass is 9.94. The summed E-state index contributed by atoms with van der Waals surface area (Å²) in [5, 5.41) is 13.0. The van der Waals surface area contributed by atoms with E-state index in [2.05, 4.69) is 20.8 Å². The van der Waals surface area contributed by atoms with Gasteiger partial charge in [-0.25, -0.2) is 0 Å². The fourth-order valence-corrected chi connectivity index (χ4v) is 2.61. The zero-order chi connectivity index (χ0) is 16.3. The molecule has 1 aliphatic rings. The molecule has 2 N–H and O–H groups in total. The third kappa shape index (κ3) is 3.76. The van der Waals surface area contributed by atoms with E-state index in [-0.39, 0.29) is 25.6 Å². The number of carbonyl (C=O) groups is 1. The number of aromatic nitrogens is 3. The molecule has 1 amide bonds. The van der Waals surface area contributed by atoms with Crippen molar-refractivity contribution in [2.24, 2.45) is 11.8 Å². The molecule has 1 aromatic heterocycles. The Morgan fingerprint density at radius 2 is 2.23 bits per heavy atom. The number of rotatable bonds is 5. The number of hydrogen-bond donors (Lipinski definition) is 2. The van der Waals surface area contributed by atoms with Gasteiger partial charge < -0.3 is 15.2 Å². The van der Waals surface area contributed by atoms with Crippen molar-refractivity contribution < 1.29 is 18.0 Å². The monoisotopic (exact) mass is 319 g/mol. The normalized spacial score (nSPS) is 22.3. The lowest BCUT2D eigenvalue weighted by Gasteiger charge is -2.20. The molecule has 9 heteroatoms. The fourth-order valence-electron chi connectivity index (χ4n) is 2.61. The zero-order valence-electron chi connectivity index (χ0n) is 12.5. The Hall–Kier alpha value is -1.64. The van der Waals surface area contributed by atoms with Crippen LogP contribution in [0, 0.1) is 11.8 Å². The minimum Gasteiger partial charge on any atom is -0.354 e. The third-order valence-corrected chi connectivity index (χ3v) is 3.79. The smallest absolute Gasteiger partial charge is 0.354 e. The van der Waals surface area contributed by atoms with E-state index < -0.39 is 23.9 Å². The van der Waals surface area contributed by atoms with Crippen LogP contribution in [-0.2, 0) is 11.3 Å². The van der Waals surface area contributed by atoms with Gasteiger partial charge in [-0.3, -0.25) is 4.79 Å². The van der Waals surface area contributed by atoms with Crippen LogP contribution in [0.5, 0.6) is 0 Å². The molecule has 6 nitrogen and oxygen atoms in total. The average Bonchev–Trinajstić information content (AvgIpc) is 3.06. The molecule has 22 heavy (non-hydrogen) atoms. The molecule has 0 saturated carbocycles. The molecular weight excluding hydrogens is 299 g/mol. The number of alkyl halides is 3. The summed E-state index contributed by atoms with van der Waals surface area (Å²) < 4.78 is 40.2. The summed E-state index contributed by atoms with van der Waals surface area (Å²) in [7, 11) is 0. The fraction of sp³-hybridized carbons (Fsp3) is 0.769. The van der Waals surface area contributed by atoms with Crippen LogP contribution in [0.15, 0.2) is 6.33 Å². The maximum Gasteiger partial charge on any atom is 0.393 e. The van der Waals surface area contributed by atoms with E-state index in [1.165, 1.54) is 0 Å². The van der Waals surface area contributed by atoms with E-state index >= 15 is 0 Å². The van der Waals surface area contributed by atoms with Gasteiger partial charge in [-0.05, 0) is 0 Å². The van der Waals surface area contributed by atoms with Gasteiger partial charge in [0, 0.05) is 32.1 Å². The van der Waals surface area contributed by atoms with Crippen molar-refractivity contribution in [3.63, 3.8) is 0 Å². The molecule has 1 aromatic rings. The molecule has 0 radical (unpaired) electrons. The summed E-state index contributed by atoms with van der Waals surface area (Å²) in [6.07, 6.45) is -2.80. The maximum absolute atomic E-state index is 12.8. The molecule has 0 bridgehead atoms. The van der Waals surface area contributed by atoms with Gasteiger partial charge >= 0.3 is 6.18 Å². The Morgan fingerprint density at radius 3 is 2.86 bits per heavy atom. The summed E-state index contributed by atoms with van der Waals surface area (Å²) in [5.41, 5.74) is 0. The minimum atomic E-state index is -4.36. The lowest BCUT2D eigenvalue weighted by molar-refractivity contribution is -0.182. The van der Waals surface area contributed by atoms with E-state index in [1.807, 2.05) is 13.8 Å². The summed E-state index contributed by atoms with van der Waals surface area (Å²) >= 11 is 0. The molecule has 0 spiro atoms. The van der Waals surface area contributed by atoms with Crippen LogP contribution in [0.2, 0.25) is 0 Å². The Kier molecular flexibility index (Phi) is 5.05. The molecule has 124 valence electrons. The molecule has 0 unspecified atom stereocenters. The van der Waals surface area contributed by atoms with Crippen LogP contribution in [-0.4, -0.2) is 46.5 Å². The van der Waals surface area contributed by atoms with Crippen molar-refractivity contribution in [2.75, 3.05) is 19.6 Å². The number of nitrogens with one attached hydrogen (secondary N) is 2. The molecular formula is C13H20F3N5O. The van der Waals surface area contributed by atoms with Gasteiger partial charge in [0.1, 0.15) is 12.2 Å². The first-order valence-electron chi connectivity index (χ1n) is 7.23. The van der Waals surface area contributed by atoms with Crippen molar-refractivity contribution >= 4 is 5.91 Å². The Bertz CT molecular complexity index is 514. The first kappa shape index (κ1) is 16.7. The van der Waals surface area contributed by atoms with Crippen molar-refractivity contribution in [3.8, 4) is 0 Å². The SMILES string of the molecule is CC(C)c1nncn1CCNC(=O)[C@@H]1CNC[C@H]1C(F)(F)F. The van der Waals surface area contributed by atoms with E-state index in [0.29, 0.717) is 6.54 Å². The van der Waals surface area contributed by atoms with Gasteiger partial charge in [0.2, 0.25) is 5.91 Å². The molecule has 0 aliphatic carbocycles. The van der Waals surface area contributed by atoms with Gasteiger partial charge in [-0.15, -0.1) is 10.2 Å². The predicted octanol–water partition coefficient (Wildman–Crippen LogP) is 0.916. The largest absolute Gasteiger partial charge is 0.393 e. The summed E-state index contributed by atoms with van der Waals surface area (Å²) in [5.74, 6) is -2.28. The van der Waals surface area contributed by atoms with Crippen LogP contribution in [0.4, 0.5) is 13.2 Å². The van der Waals surface area contributed by atoms with Gasteiger partial charge in [0.25, 0.3) is 0 Å². The molecule has 0 aromatic carbocycles. The van der Waals surface area contributed by atoms with Crippen LogP contribution >= 0.6 is 0 Å². The molecule has 1 saturated heterocycles. The van der Waals surface area contributed by atoms with E-state index in [4.69, 9.17) is 0 Å². The van der Waals surface area contributed by atoms with Crippen LogP contribution < -0.4 is 10.6 Å². The Labute approximate surface area is 126 Å². The van der Waals surface area contributed by atoms with Crippen molar-refractivity contribution in [3.05, 3.63) is 12.2 Å². The zero-order valence-corrected chi connectivity index (χ0v) is 12.5. The Morgan fingerprint density at radius 1 is 1.50 bits per heavy atom. The second-order valence-corrected chi connectivity index (χ2v) is 5.74. The number of hydrogen-bond acceptors (Lipinski definition) is 4. The quantitative estimate of drug-likeness (QED) is 0.846. The number of carbonyl (C=O) groups excluding carboxylic acids is 1. The number of amides is 1. The van der Waals surface area contributed by atoms with Crippen molar-refractivity contribution in [2.45, 2.75) is 32.5 Å². The van der Waals surface area contributed by atoms with Crippen molar-refractivity contribution in [1.29, 1.82) is 0 Å². The van der Waals surface area contributed by atoms with Crippen LogP contribution in [0.3, 0.4) is 0 Å². The molecule has 2 heterocycles. The molecule has 1 fully saturated rings. The number of halogens is 3. The highest BCUT2D eigenvalue weighted by Gasteiger charge is 2.49. The van der Waals surface area contributed by atoms with Gasteiger partial charge in [-0.1, -0.05) is 13.8 Å². The summed E-state index contributed by atoms with van der Waals surface area (Å²) in [6.45, 7) is 4.47. The third-order valence-electron chi connectivity index (χ3n) is 3.79. The van der Waals surface area contributed by atoms with Gasteiger partial charge in [0.05, 0.1) is 11.8 Å². The van der Waals surface area contributed by atoms with E-state index in [1.54, 1.807) is 10.9 Å². The maximum atomic E-state index is 12.8. The van der Waals surface area contributed by atoms with E-state index in [0.717, 1.165) is 5.82 Å². The van der Waals surface area contributed by atoms with Crippen LogP contribution in [0.1, 0.15) is 25.6 Å². The standard InChI is InChI=1S/C13H20F3N5O/c1-8(2)11-20-19-7-21(11)4-3-18-12(22)9-5-17-6-10(9)13(14,15)16/h7-10,17H,3-6H2,1-2H3,(H,18,22)/t9-,10-/m1/s1. The number of nitrogens with zero attached hydrogens (tertiary/aromatic N) is 3. The van der Waals surface area contributed by atoms with Gasteiger partial charge in [-0.2, -0.15) is 13.2 Å². The second kappa shape index (κ2) is 6.64. The summed E-state index contributed by atoms with van der Waals surface area (Å²) in [4.78, 5) is 12.0. The van der Waals surface area contributed by atoms with Gasteiger partial charge in [0.15, 0.2) is 0 Å². The summed E-state index contributed by atoms with van der Waals surface area (Å²) in [6, 6.07) is 0. The molecule has 1 aliphatic heterocycles.